The number of likely N-dealkylation sites (N-methyl/N-ethyl adjacent to an activating group) is 1. The van der Waals surface area contributed by atoms with Crippen LogP contribution in [0.4, 0.5) is 5.13 Å². The molecule has 31 heavy (non-hydrogen) atoms. The molecule has 0 aliphatic rings. The van der Waals surface area contributed by atoms with Gasteiger partial charge in [-0.1, -0.05) is 43.4 Å². The Hall–Kier alpha value is -2.15. The third kappa shape index (κ3) is 6.19. The molecule has 2 aromatic carbocycles. The van der Waals surface area contributed by atoms with Crippen molar-refractivity contribution in [3.8, 4) is 5.75 Å². The van der Waals surface area contributed by atoms with Gasteiger partial charge < -0.3 is 9.64 Å². The molecule has 3 rings (SSSR count). The highest BCUT2D eigenvalue weighted by atomic mass is 35.5. The number of aromatic nitrogens is 1. The lowest BCUT2D eigenvalue weighted by Gasteiger charge is -2.25. The summed E-state index contributed by atoms with van der Waals surface area (Å²) >= 11 is 1.54. The first kappa shape index (κ1) is 25.1. The maximum Gasteiger partial charge on any atom is 0.233 e. The van der Waals surface area contributed by atoms with Crippen LogP contribution < -0.4 is 9.64 Å². The number of amides is 1. The summed E-state index contributed by atoms with van der Waals surface area (Å²) in [4.78, 5) is 22.3. The normalized spacial score (nSPS) is 10.9. The summed E-state index contributed by atoms with van der Waals surface area (Å²) in [6, 6.07) is 12.1. The molecule has 3 aromatic rings. The van der Waals surface area contributed by atoms with Crippen molar-refractivity contribution in [2.45, 2.75) is 34.1 Å². The minimum atomic E-state index is 0. The highest BCUT2D eigenvalue weighted by molar-refractivity contribution is 7.22. The predicted molar refractivity (Wildman–Crippen MR) is 133 cm³/mol. The molecule has 0 radical (unpaired) electrons. The van der Waals surface area contributed by atoms with Gasteiger partial charge in [0.25, 0.3) is 0 Å². The van der Waals surface area contributed by atoms with Crippen molar-refractivity contribution < 1.29 is 9.53 Å². The van der Waals surface area contributed by atoms with Crippen molar-refractivity contribution in [3.63, 3.8) is 0 Å². The summed E-state index contributed by atoms with van der Waals surface area (Å²) in [5.74, 6) is 0.880. The molecule has 0 unspecified atom stereocenters. The van der Waals surface area contributed by atoms with Gasteiger partial charge in [0.1, 0.15) is 5.75 Å². The first-order valence-electron chi connectivity index (χ1n) is 10.5. The number of methoxy groups -OCH3 is 1. The fourth-order valence-corrected chi connectivity index (χ4v) is 4.46. The minimum absolute atomic E-state index is 0. The summed E-state index contributed by atoms with van der Waals surface area (Å²) in [5.41, 5.74) is 4.38. The molecular formula is C24H32ClN3O2S. The van der Waals surface area contributed by atoms with Crippen molar-refractivity contribution in [1.82, 2.24) is 9.88 Å². The van der Waals surface area contributed by atoms with Crippen molar-refractivity contribution in [3.05, 3.63) is 53.1 Å². The SMILES string of the molecule is CCN(CC)CCN(C(=O)Cc1ccc(C)c(C)c1)c1nc2ccc(OC)cc2s1.Cl. The third-order valence-electron chi connectivity index (χ3n) is 5.58. The summed E-state index contributed by atoms with van der Waals surface area (Å²) in [6.07, 6.45) is 0.374. The topological polar surface area (TPSA) is 45.7 Å². The van der Waals surface area contributed by atoms with Crippen LogP contribution in [0.1, 0.15) is 30.5 Å². The number of benzene rings is 2. The largest absolute Gasteiger partial charge is 0.497 e. The minimum Gasteiger partial charge on any atom is -0.497 e. The monoisotopic (exact) mass is 461 g/mol. The maximum atomic E-state index is 13.3. The second kappa shape index (κ2) is 11.5. The standard InChI is InChI=1S/C24H31N3O2S.ClH/c1-6-26(7-2)12-13-27(23(28)15-19-9-8-17(3)18(4)14-19)24-25-21-11-10-20(29-5)16-22(21)30-24;/h8-11,14,16H,6-7,12-13,15H2,1-5H3;1H. The number of nitrogens with zero attached hydrogens (tertiary/aromatic N) is 3. The van der Waals surface area contributed by atoms with Crippen LogP contribution in [0.5, 0.6) is 5.75 Å². The Bertz CT molecular complexity index is 1020. The number of fused-ring (bicyclic) bond motifs is 1. The highest BCUT2D eigenvalue weighted by Gasteiger charge is 2.21. The van der Waals surface area contributed by atoms with Crippen LogP contribution in [0, 0.1) is 13.8 Å². The van der Waals surface area contributed by atoms with Crippen molar-refractivity contribution in [2.24, 2.45) is 0 Å². The van der Waals surface area contributed by atoms with Crippen LogP contribution in [-0.4, -0.2) is 49.1 Å². The Labute approximate surface area is 195 Å². The van der Waals surface area contributed by atoms with Crippen molar-refractivity contribution in [1.29, 1.82) is 0 Å². The number of halogens is 1. The predicted octanol–water partition coefficient (Wildman–Crippen LogP) is 5.26. The number of carbonyl (C=O) groups is 1. The molecule has 5 nitrogen and oxygen atoms in total. The van der Waals surface area contributed by atoms with E-state index in [4.69, 9.17) is 9.72 Å². The van der Waals surface area contributed by atoms with Crippen LogP contribution in [0.25, 0.3) is 10.2 Å². The van der Waals surface area contributed by atoms with Crippen LogP contribution in [-0.2, 0) is 11.2 Å². The molecule has 0 aliphatic carbocycles. The van der Waals surface area contributed by atoms with Crippen LogP contribution in [0.15, 0.2) is 36.4 Å². The van der Waals surface area contributed by atoms with Gasteiger partial charge in [0.05, 0.1) is 23.7 Å². The van der Waals surface area contributed by atoms with Crippen LogP contribution in [0.3, 0.4) is 0 Å². The molecule has 0 saturated carbocycles. The van der Waals surface area contributed by atoms with Gasteiger partial charge in [0.2, 0.25) is 5.91 Å². The van der Waals surface area contributed by atoms with Crippen molar-refractivity contribution in [2.75, 3.05) is 38.2 Å². The van der Waals surface area contributed by atoms with E-state index >= 15 is 0 Å². The lowest BCUT2D eigenvalue weighted by atomic mass is 10.0. The number of hydrogen-bond acceptors (Lipinski definition) is 5. The molecule has 1 aromatic heterocycles. The molecule has 0 saturated heterocycles. The van der Waals surface area contributed by atoms with Crippen LogP contribution in [0.2, 0.25) is 0 Å². The molecule has 7 heteroatoms. The van der Waals surface area contributed by atoms with E-state index in [0.717, 1.165) is 46.3 Å². The maximum absolute atomic E-state index is 13.3. The van der Waals surface area contributed by atoms with Gasteiger partial charge in [-0.2, -0.15) is 0 Å². The Balaban J connectivity index is 0.00000341. The van der Waals surface area contributed by atoms with Gasteiger partial charge in [-0.05, 0) is 61.8 Å². The number of ether oxygens (including phenoxy) is 1. The van der Waals surface area contributed by atoms with Gasteiger partial charge >= 0.3 is 0 Å². The number of anilines is 1. The van der Waals surface area contributed by atoms with E-state index in [1.165, 1.54) is 11.1 Å². The zero-order valence-electron chi connectivity index (χ0n) is 19.0. The Morgan fingerprint density at radius 1 is 1.03 bits per heavy atom. The van der Waals surface area contributed by atoms with E-state index in [1.807, 2.05) is 29.2 Å². The average molecular weight is 462 g/mol. The van der Waals surface area contributed by atoms with Crippen molar-refractivity contribution >= 4 is 45.0 Å². The summed E-state index contributed by atoms with van der Waals surface area (Å²) in [7, 11) is 1.66. The summed E-state index contributed by atoms with van der Waals surface area (Å²) < 4.78 is 6.36. The zero-order valence-corrected chi connectivity index (χ0v) is 20.6. The van der Waals surface area contributed by atoms with E-state index < -0.39 is 0 Å². The van der Waals surface area contributed by atoms with Crippen LogP contribution >= 0.6 is 23.7 Å². The molecule has 0 N–H and O–H groups in total. The molecule has 0 aliphatic heterocycles. The second-order valence-electron chi connectivity index (χ2n) is 7.50. The smallest absolute Gasteiger partial charge is 0.233 e. The molecule has 0 atom stereocenters. The molecular weight excluding hydrogens is 430 g/mol. The van der Waals surface area contributed by atoms with Gasteiger partial charge in [-0.25, -0.2) is 4.98 Å². The first-order chi connectivity index (χ1) is 14.4. The van der Waals surface area contributed by atoms with E-state index in [-0.39, 0.29) is 18.3 Å². The molecule has 1 amide bonds. The third-order valence-corrected chi connectivity index (χ3v) is 6.62. The lowest BCUT2D eigenvalue weighted by Crippen LogP contribution is -2.39. The Morgan fingerprint density at radius 2 is 1.77 bits per heavy atom. The second-order valence-corrected chi connectivity index (χ2v) is 8.51. The summed E-state index contributed by atoms with van der Waals surface area (Å²) in [5, 5.41) is 0.749. The van der Waals surface area contributed by atoms with E-state index in [9.17, 15) is 4.79 Å². The number of thiazole rings is 1. The average Bonchev–Trinajstić information content (AvgIpc) is 3.16. The van der Waals surface area contributed by atoms with E-state index in [1.54, 1.807) is 18.4 Å². The zero-order chi connectivity index (χ0) is 21.7. The summed E-state index contributed by atoms with van der Waals surface area (Å²) in [6.45, 7) is 11.9. The van der Waals surface area contributed by atoms with Gasteiger partial charge in [-0.15, -0.1) is 12.4 Å². The first-order valence-corrected chi connectivity index (χ1v) is 11.3. The number of hydrogen-bond donors (Lipinski definition) is 0. The van der Waals surface area contributed by atoms with Gasteiger partial charge in [-0.3, -0.25) is 9.69 Å². The quantitative estimate of drug-likeness (QED) is 0.436. The fraction of sp³-hybridized carbons (Fsp3) is 0.417. The highest BCUT2D eigenvalue weighted by Crippen LogP contribution is 2.32. The lowest BCUT2D eigenvalue weighted by molar-refractivity contribution is -0.118. The molecule has 0 bridgehead atoms. The Kier molecular flexibility index (Phi) is 9.29. The fourth-order valence-electron chi connectivity index (χ4n) is 3.43. The molecule has 0 fully saturated rings. The molecule has 0 spiro atoms. The number of aryl methyl sites for hydroxylation is 2. The molecule has 168 valence electrons. The Morgan fingerprint density at radius 3 is 2.42 bits per heavy atom. The van der Waals surface area contributed by atoms with Gasteiger partial charge in [0, 0.05) is 13.1 Å². The van der Waals surface area contributed by atoms with Gasteiger partial charge in [0.15, 0.2) is 5.13 Å². The van der Waals surface area contributed by atoms with E-state index in [2.05, 4.69) is 44.7 Å². The molecule has 1 heterocycles. The number of rotatable bonds is 9. The van der Waals surface area contributed by atoms with E-state index in [0.29, 0.717) is 13.0 Å². The number of carbonyl (C=O) groups excluding carboxylic acids is 1.